The quantitative estimate of drug-likeness (QED) is 0.523. The Hall–Kier alpha value is -2.34. The molecule has 3 aromatic heterocycles. The topological polar surface area (TPSA) is 56.0 Å². The Balaban J connectivity index is 2.19. The van der Waals surface area contributed by atoms with Gasteiger partial charge in [0.05, 0.1) is 16.7 Å². The van der Waals surface area contributed by atoms with Crippen LogP contribution < -0.4 is 0 Å². The molecular formula is C16H12BrN5. The van der Waals surface area contributed by atoms with E-state index in [2.05, 4.69) is 36.1 Å². The van der Waals surface area contributed by atoms with Gasteiger partial charge < -0.3 is 0 Å². The highest BCUT2D eigenvalue weighted by Gasteiger charge is 2.16. The van der Waals surface area contributed by atoms with E-state index in [1.165, 1.54) is 0 Å². The Morgan fingerprint density at radius 3 is 2.73 bits per heavy atom. The molecule has 0 fully saturated rings. The molecule has 0 bridgehead atoms. The third-order valence-corrected chi connectivity index (χ3v) is 4.19. The molecule has 0 unspecified atom stereocenters. The molecule has 0 saturated heterocycles. The van der Waals surface area contributed by atoms with E-state index < -0.39 is 0 Å². The molecular weight excluding hydrogens is 342 g/mol. The van der Waals surface area contributed by atoms with Crippen molar-refractivity contribution in [3.8, 4) is 11.4 Å². The lowest BCUT2D eigenvalue weighted by molar-refractivity contribution is 1.09. The highest BCUT2D eigenvalue weighted by molar-refractivity contribution is 9.10. The van der Waals surface area contributed by atoms with Gasteiger partial charge in [-0.2, -0.15) is 0 Å². The van der Waals surface area contributed by atoms with E-state index in [9.17, 15) is 0 Å². The van der Waals surface area contributed by atoms with Crippen molar-refractivity contribution in [1.29, 1.82) is 0 Å². The van der Waals surface area contributed by atoms with E-state index in [4.69, 9.17) is 0 Å². The van der Waals surface area contributed by atoms with Crippen molar-refractivity contribution in [3.05, 3.63) is 52.4 Å². The van der Waals surface area contributed by atoms with E-state index in [-0.39, 0.29) is 0 Å². The SMILES string of the molecule is Cc1ncccc1-c1nnc2c(C)nc3ccc(Br)cc3n12. The van der Waals surface area contributed by atoms with Gasteiger partial charge in [-0.25, -0.2) is 4.98 Å². The summed E-state index contributed by atoms with van der Waals surface area (Å²) in [6.45, 7) is 3.92. The molecule has 0 aliphatic carbocycles. The number of aryl methyl sites for hydroxylation is 2. The fourth-order valence-electron chi connectivity index (χ4n) is 2.64. The fraction of sp³-hybridized carbons (Fsp3) is 0.125. The summed E-state index contributed by atoms with van der Waals surface area (Å²) in [6.07, 6.45) is 1.78. The lowest BCUT2D eigenvalue weighted by Gasteiger charge is -2.08. The molecule has 0 saturated carbocycles. The van der Waals surface area contributed by atoms with Crippen molar-refractivity contribution in [2.45, 2.75) is 13.8 Å². The van der Waals surface area contributed by atoms with Gasteiger partial charge in [0.25, 0.3) is 0 Å². The second kappa shape index (κ2) is 4.84. The van der Waals surface area contributed by atoms with Crippen LogP contribution in [-0.2, 0) is 0 Å². The van der Waals surface area contributed by atoms with Crippen LogP contribution in [0, 0.1) is 13.8 Å². The second-order valence-corrected chi connectivity index (χ2v) is 6.06. The first-order valence-corrected chi connectivity index (χ1v) is 7.67. The standard InChI is InChI=1S/C16H12BrN5/c1-9-12(4-3-7-18-9)16-21-20-15-10(2)19-13-6-5-11(17)8-14(13)22(15)16/h3-8H,1-2H3. The van der Waals surface area contributed by atoms with Crippen LogP contribution in [0.25, 0.3) is 28.1 Å². The zero-order chi connectivity index (χ0) is 15.3. The van der Waals surface area contributed by atoms with E-state index in [1.807, 2.05) is 48.6 Å². The number of fused-ring (bicyclic) bond motifs is 3. The van der Waals surface area contributed by atoms with Crippen LogP contribution in [0.15, 0.2) is 41.0 Å². The predicted molar refractivity (Wildman–Crippen MR) is 88.7 cm³/mol. The molecule has 0 aliphatic heterocycles. The van der Waals surface area contributed by atoms with Crippen molar-refractivity contribution >= 4 is 32.6 Å². The monoisotopic (exact) mass is 353 g/mol. The van der Waals surface area contributed by atoms with Crippen LogP contribution in [0.3, 0.4) is 0 Å². The second-order valence-electron chi connectivity index (χ2n) is 5.15. The van der Waals surface area contributed by atoms with E-state index in [0.29, 0.717) is 0 Å². The highest BCUT2D eigenvalue weighted by Crippen LogP contribution is 2.27. The number of benzene rings is 1. The molecule has 22 heavy (non-hydrogen) atoms. The van der Waals surface area contributed by atoms with Crippen LogP contribution in [0.1, 0.15) is 11.4 Å². The maximum atomic E-state index is 4.61. The lowest BCUT2D eigenvalue weighted by atomic mass is 10.2. The summed E-state index contributed by atoms with van der Waals surface area (Å²) in [5, 5.41) is 8.71. The Bertz CT molecular complexity index is 1020. The normalized spacial score (nSPS) is 11.4. The van der Waals surface area contributed by atoms with Gasteiger partial charge >= 0.3 is 0 Å². The largest absolute Gasteiger partial charge is 0.272 e. The summed E-state index contributed by atoms with van der Waals surface area (Å²) in [5.74, 6) is 0.786. The first-order valence-electron chi connectivity index (χ1n) is 6.88. The number of halogens is 1. The Labute approximate surface area is 135 Å². The average molecular weight is 354 g/mol. The summed E-state index contributed by atoms with van der Waals surface area (Å²) >= 11 is 3.53. The first-order chi connectivity index (χ1) is 10.6. The van der Waals surface area contributed by atoms with Gasteiger partial charge in [-0.05, 0) is 44.2 Å². The van der Waals surface area contributed by atoms with Gasteiger partial charge in [0.1, 0.15) is 0 Å². The minimum absolute atomic E-state index is 0.767. The minimum Gasteiger partial charge on any atom is -0.272 e. The maximum Gasteiger partial charge on any atom is 0.183 e. The lowest BCUT2D eigenvalue weighted by Crippen LogP contribution is -1.98. The highest BCUT2D eigenvalue weighted by atomic mass is 79.9. The molecule has 6 heteroatoms. The van der Waals surface area contributed by atoms with Crippen LogP contribution >= 0.6 is 15.9 Å². The van der Waals surface area contributed by atoms with Gasteiger partial charge in [0.2, 0.25) is 0 Å². The van der Waals surface area contributed by atoms with Crippen molar-refractivity contribution in [2.75, 3.05) is 0 Å². The van der Waals surface area contributed by atoms with Gasteiger partial charge in [-0.15, -0.1) is 10.2 Å². The Kier molecular flexibility index (Phi) is 2.94. The van der Waals surface area contributed by atoms with Gasteiger partial charge in [-0.3, -0.25) is 9.38 Å². The zero-order valence-corrected chi connectivity index (χ0v) is 13.7. The molecule has 0 aliphatic rings. The molecule has 5 nitrogen and oxygen atoms in total. The number of pyridine rings is 1. The molecule has 0 spiro atoms. The molecule has 0 radical (unpaired) electrons. The summed E-state index contributed by atoms with van der Waals surface area (Å²) in [6, 6.07) is 9.94. The molecule has 4 rings (SSSR count). The van der Waals surface area contributed by atoms with Crippen LogP contribution in [0.4, 0.5) is 0 Å². The summed E-state index contributed by atoms with van der Waals surface area (Å²) < 4.78 is 3.04. The van der Waals surface area contributed by atoms with Crippen molar-refractivity contribution in [2.24, 2.45) is 0 Å². The number of hydrogen-bond donors (Lipinski definition) is 0. The maximum absolute atomic E-state index is 4.61. The minimum atomic E-state index is 0.767. The van der Waals surface area contributed by atoms with Crippen molar-refractivity contribution < 1.29 is 0 Å². The van der Waals surface area contributed by atoms with Crippen LogP contribution in [-0.4, -0.2) is 24.6 Å². The number of hydrogen-bond acceptors (Lipinski definition) is 4. The predicted octanol–water partition coefficient (Wildman–Crippen LogP) is 3.72. The molecule has 0 N–H and O–H groups in total. The van der Waals surface area contributed by atoms with Crippen molar-refractivity contribution in [3.63, 3.8) is 0 Å². The number of rotatable bonds is 1. The fourth-order valence-corrected chi connectivity index (χ4v) is 2.99. The van der Waals surface area contributed by atoms with E-state index >= 15 is 0 Å². The summed E-state index contributed by atoms with van der Waals surface area (Å²) in [4.78, 5) is 8.97. The number of aromatic nitrogens is 5. The molecule has 3 heterocycles. The van der Waals surface area contributed by atoms with Crippen LogP contribution in [0.5, 0.6) is 0 Å². The Morgan fingerprint density at radius 1 is 1.05 bits per heavy atom. The van der Waals surface area contributed by atoms with Crippen LogP contribution in [0.2, 0.25) is 0 Å². The molecule has 0 atom stereocenters. The molecule has 1 aromatic carbocycles. The smallest absolute Gasteiger partial charge is 0.183 e. The van der Waals surface area contributed by atoms with Crippen molar-refractivity contribution in [1.82, 2.24) is 24.6 Å². The number of nitrogens with zero attached hydrogens (tertiary/aromatic N) is 5. The van der Waals surface area contributed by atoms with Gasteiger partial charge in [-0.1, -0.05) is 15.9 Å². The summed E-state index contributed by atoms with van der Waals surface area (Å²) in [7, 11) is 0. The molecule has 4 aromatic rings. The third kappa shape index (κ3) is 1.91. The zero-order valence-electron chi connectivity index (χ0n) is 12.1. The first kappa shape index (κ1) is 13.3. The van der Waals surface area contributed by atoms with E-state index in [0.717, 1.165) is 43.9 Å². The third-order valence-electron chi connectivity index (χ3n) is 3.70. The molecule has 108 valence electrons. The van der Waals surface area contributed by atoms with Gasteiger partial charge in [0.15, 0.2) is 11.5 Å². The average Bonchev–Trinajstić information content (AvgIpc) is 2.94. The summed E-state index contributed by atoms with van der Waals surface area (Å²) in [5.41, 5.74) is 5.41. The van der Waals surface area contributed by atoms with Gasteiger partial charge in [0, 0.05) is 21.9 Å². The molecule has 0 amide bonds. The Morgan fingerprint density at radius 2 is 1.91 bits per heavy atom. The van der Waals surface area contributed by atoms with E-state index in [1.54, 1.807) is 6.20 Å².